The third-order valence-corrected chi connectivity index (χ3v) is 4.59. The molecule has 0 unspecified atom stereocenters. The van der Waals surface area contributed by atoms with Gasteiger partial charge in [-0.1, -0.05) is 12.2 Å². The minimum absolute atomic E-state index is 0.290. The van der Waals surface area contributed by atoms with E-state index in [9.17, 15) is 5.11 Å². The number of benzene rings is 2. The van der Waals surface area contributed by atoms with Gasteiger partial charge in [0.25, 0.3) is 0 Å². The summed E-state index contributed by atoms with van der Waals surface area (Å²) in [5, 5.41) is 12.9. The molecule has 0 aliphatic heterocycles. The Labute approximate surface area is 144 Å². The van der Waals surface area contributed by atoms with Crippen molar-refractivity contribution in [2.75, 3.05) is 21.3 Å². The van der Waals surface area contributed by atoms with Gasteiger partial charge in [-0.25, -0.2) is 0 Å². The van der Waals surface area contributed by atoms with Gasteiger partial charge in [0.05, 0.1) is 21.3 Å². The number of methoxy groups -OCH3 is 3. The molecule has 0 aliphatic carbocycles. The first kappa shape index (κ1) is 16.2. The van der Waals surface area contributed by atoms with Crippen LogP contribution in [0.5, 0.6) is 23.0 Å². The number of thiophene rings is 1. The first-order chi connectivity index (χ1) is 11.7. The fourth-order valence-electron chi connectivity index (χ4n) is 2.56. The molecule has 3 aromatic rings. The van der Waals surface area contributed by atoms with E-state index in [0.717, 1.165) is 21.2 Å². The molecule has 0 radical (unpaired) electrons. The van der Waals surface area contributed by atoms with Gasteiger partial charge < -0.3 is 19.3 Å². The van der Waals surface area contributed by atoms with Crippen molar-refractivity contribution in [3.05, 3.63) is 46.8 Å². The third kappa shape index (κ3) is 3.03. The molecule has 0 atom stereocenters. The predicted molar refractivity (Wildman–Crippen MR) is 98.5 cm³/mol. The maximum Gasteiger partial charge on any atom is 0.203 e. The van der Waals surface area contributed by atoms with Crippen molar-refractivity contribution in [1.29, 1.82) is 0 Å². The summed E-state index contributed by atoms with van der Waals surface area (Å²) in [6.07, 6.45) is 3.89. The number of aromatic hydroxyl groups is 1. The van der Waals surface area contributed by atoms with Crippen molar-refractivity contribution in [2.24, 2.45) is 0 Å². The minimum atomic E-state index is 0.290. The van der Waals surface area contributed by atoms with Gasteiger partial charge in [0.15, 0.2) is 11.5 Å². The molecule has 0 fully saturated rings. The topological polar surface area (TPSA) is 47.9 Å². The van der Waals surface area contributed by atoms with Gasteiger partial charge in [-0.05, 0) is 46.8 Å². The molecule has 4 nitrogen and oxygen atoms in total. The van der Waals surface area contributed by atoms with Crippen LogP contribution in [0.2, 0.25) is 0 Å². The summed E-state index contributed by atoms with van der Waals surface area (Å²) in [5.41, 5.74) is 1.84. The van der Waals surface area contributed by atoms with Crippen LogP contribution in [-0.4, -0.2) is 26.4 Å². The van der Waals surface area contributed by atoms with E-state index in [-0.39, 0.29) is 0 Å². The molecule has 0 spiro atoms. The standard InChI is InChI=1S/C19H18O4S/c1-21-16-9-13(10-17(22-2)19(16)23-3)5-4-12-8-15(20)14-6-7-24-18(14)11-12/h4-11,20H,1-3H3/b5-4-. The molecular weight excluding hydrogens is 324 g/mol. The SMILES string of the molecule is COc1cc(/C=C\c2cc(O)c3ccsc3c2)cc(OC)c1OC. The quantitative estimate of drug-likeness (QED) is 0.677. The van der Waals surface area contributed by atoms with Gasteiger partial charge in [-0.3, -0.25) is 0 Å². The first-order valence-electron chi connectivity index (χ1n) is 7.34. The molecule has 1 heterocycles. The number of phenols is 1. The van der Waals surface area contributed by atoms with Crippen molar-refractivity contribution in [1.82, 2.24) is 0 Å². The van der Waals surface area contributed by atoms with E-state index < -0.39 is 0 Å². The Hall–Kier alpha value is -2.66. The maximum absolute atomic E-state index is 10.1. The lowest BCUT2D eigenvalue weighted by Gasteiger charge is -2.12. The minimum Gasteiger partial charge on any atom is -0.507 e. The Kier molecular flexibility index (Phi) is 4.62. The van der Waals surface area contributed by atoms with E-state index in [4.69, 9.17) is 14.2 Å². The smallest absolute Gasteiger partial charge is 0.203 e. The Balaban J connectivity index is 1.98. The van der Waals surface area contributed by atoms with Crippen molar-refractivity contribution in [2.45, 2.75) is 0 Å². The lowest BCUT2D eigenvalue weighted by atomic mass is 10.1. The van der Waals surface area contributed by atoms with E-state index in [1.54, 1.807) is 38.7 Å². The molecule has 1 N–H and O–H groups in total. The van der Waals surface area contributed by atoms with Crippen molar-refractivity contribution >= 4 is 33.6 Å². The Morgan fingerprint density at radius 1 is 0.875 bits per heavy atom. The fourth-order valence-corrected chi connectivity index (χ4v) is 3.41. The molecule has 1 aromatic heterocycles. The average Bonchev–Trinajstić information content (AvgIpc) is 3.08. The first-order valence-corrected chi connectivity index (χ1v) is 8.22. The summed E-state index contributed by atoms with van der Waals surface area (Å²) < 4.78 is 17.1. The second-order valence-electron chi connectivity index (χ2n) is 5.16. The second kappa shape index (κ2) is 6.84. The summed E-state index contributed by atoms with van der Waals surface area (Å²) in [7, 11) is 4.76. The van der Waals surface area contributed by atoms with Gasteiger partial charge in [0.2, 0.25) is 5.75 Å². The Morgan fingerprint density at radius 2 is 1.50 bits per heavy atom. The molecule has 3 rings (SSSR count). The van der Waals surface area contributed by atoms with Crippen LogP contribution in [0.3, 0.4) is 0 Å². The molecule has 0 amide bonds. The van der Waals surface area contributed by atoms with Crippen LogP contribution in [0.1, 0.15) is 11.1 Å². The zero-order valence-electron chi connectivity index (χ0n) is 13.7. The monoisotopic (exact) mass is 342 g/mol. The van der Waals surface area contributed by atoms with Gasteiger partial charge in [-0.2, -0.15) is 0 Å². The van der Waals surface area contributed by atoms with Crippen LogP contribution in [0.15, 0.2) is 35.7 Å². The zero-order valence-corrected chi connectivity index (χ0v) is 14.5. The van der Waals surface area contributed by atoms with Crippen LogP contribution >= 0.6 is 11.3 Å². The van der Waals surface area contributed by atoms with Gasteiger partial charge in [0.1, 0.15) is 5.75 Å². The van der Waals surface area contributed by atoms with E-state index in [1.807, 2.05) is 41.8 Å². The number of hydrogen-bond acceptors (Lipinski definition) is 5. The normalized spacial score (nSPS) is 11.1. The highest BCUT2D eigenvalue weighted by Crippen LogP contribution is 2.39. The maximum atomic E-state index is 10.1. The molecule has 0 saturated heterocycles. The highest BCUT2D eigenvalue weighted by molar-refractivity contribution is 7.17. The number of phenolic OH excluding ortho intramolecular Hbond substituents is 1. The third-order valence-electron chi connectivity index (χ3n) is 3.73. The van der Waals surface area contributed by atoms with Crippen LogP contribution in [0.25, 0.3) is 22.2 Å². The molecular formula is C19H18O4S. The molecule has 0 aliphatic rings. The Bertz CT molecular complexity index is 871. The number of hydrogen-bond donors (Lipinski definition) is 1. The molecule has 124 valence electrons. The lowest BCUT2D eigenvalue weighted by Crippen LogP contribution is -1.95. The second-order valence-corrected chi connectivity index (χ2v) is 6.11. The molecule has 0 bridgehead atoms. The predicted octanol–water partition coefficient (Wildman–Crippen LogP) is 4.80. The van der Waals surface area contributed by atoms with Gasteiger partial charge in [0, 0.05) is 10.1 Å². The summed E-state index contributed by atoms with van der Waals surface area (Å²) in [4.78, 5) is 0. The average molecular weight is 342 g/mol. The zero-order chi connectivity index (χ0) is 17.1. The largest absolute Gasteiger partial charge is 0.507 e. The van der Waals surface area contributed by atoms with Crippen LogP contribution in [-0.2, 0) is 0 Å². The van der Waals surface area contributed by atoms with Crippen molar-refractivity contribution in [3.8, 4) is 23.0 Å². The summed E-state index contributed by atoms with van der Waals surface area (Å²) in [6, 6.07) is 9.47. The van der Waals surface area contributed by atoms with E-state index >= 15 is 0 Å². The Morgan fingerprint density at radius 3 is 2.08 bits per heavy atom. The van der Waals surface area contributed by atoms with Crippen LogP contribution < -0.4 is 14.2 Å². The van der Waals surface area contributed by atoms with Gasteiger partial charge in [-0.15, -0.1) is 11.3 Å². The molecule has 5 heteroatoms. The van der Waals surface area contributed by atoms with Gasteiger partial charge >= 0.3 is 0 Å². The number of ether oxygens (including phenoxy) is 3. The molecule has 0 saturated carbocycles. The van der Waals surface area contributed by atoms with Crippen molar-refractivity contribution in [3.63, 3.8) is 0 Å². The molecule has 2 aromatic carbocycles. The summed E-state index contributed by atoms with van der Waals surface area (Å²) in [5.74, 6) is 2.06. The highest BCUT2D eigenvalue weighted by Gasteiger charge is 2.12. The summed E-state index contributed by atoms with van der Waals surface area (Å²) in [6.45, 7) is 0. The number of fused-ring (bicyclic) bond motifs is 1. The van der Waals surface area contributed by atoms with Crippen LogP contribution in [0, 0.1) is 0 Å². The molecule has 24 heavy (non-hydrogen) atoms. The summed E-state index contributed by atoms with van der Waals surface area (Å²) >= 11 is 1.60. The lowest BCUT2D eigenvalue weighted by molar-refractivity contribution is 0.324. The van der Waals surface area contributed by atoms with Crippen molar-refractivity contribution < 1.29 is 19.3 Å². The van der Waals surface area contributed by atoms with Crippen LogP contribution in [0.4, 0.5) is 0 Å². The number of rotatable bonds is 5. The fraction of sp³-hybridized carbons (Fsp3) is 0.158. The highest BCUT2D eigenvalue weighted by atomic mass is 32.1. The van der Waals surface area contributed by atoms with E-state index in [1.165, 1.54) is 0 Å². The van der Waals surface area contributed by atoms with E-state index in [0.29, 0.717) is 23.0 Å². The van der Waals surface area contributed by atoms with E-state index in [2.05, 4.69) is 0 Å².